The quantitative estimate of drug-likeness (QED) is 0.356. The molecule has 2 aromatic rings. The van der Waals surface area contributed by atoms with Crippen LogP contribution in [0.3, 0.4) is 0 Å². The maximum atomic E-state index is 13.0. The van der Waals surface area contributed by atoms with Gasteiger partial charge in [0.25, 0.3) is 0 Å². The van der Waals surface area contributed by atoms with Crippen LogP contribution in [0.5, 0.6) is 23.0 Å². The van der Waals surface area contributed by atoms with Crippen molar-refractivity contribution in [1.82, 2.24) is 9.80 Å². The van der Waals surface area contributed by atoms with Gasteiger partial charge in [-0.2, -0.15) is 0 Å². The molecule has 0 bridgehead atoms. The average Bonchev–Trinajstić information content (AvgIpc) is 3.53. The summed E-state index contributed by atoms with van der Waals surface area (Å²) < 4.78 is 22.7. The van der Waals surface area contributed by atoms with Crippen LogP contribution in [0.25, 0.3) is 0 Å². The second kappa shape index (κ2) is 13.1. The van der Waals surface area contributed by atoms with E-state index in [1.54, 1.807) is 18.9 Å². The molecule has 1 amide bonds. The van der Waals surface area contributed by atoms with Crippen LogP contribution in [-0.4, -0.2) is 79.9 Å². The molecule has 2 aliphatic heterocycles. The summed E-state index contributed by atoms with van der Waals surface area (Å²) in [4.78, 5) is 17.2. The zero-order valence-corrected chi connectivity index (χ0v) is 26.4. The number of carbonyl (C=O) groups is 1. The normalized spacial score (nSPS) is 17.0. The smallest absolute Gasteiger partial charge is 0.233 e. The van der Waals surface area contributed by atoms with Crippen LogP contribution in [0.1, 0.15) is 70.0 Å². The Kier molecular flexibility index (Phi) is 10.0. The van der Waals surface area contributed by atoms with Crippen LogP contribution in [0.4, 0.5) is 0 Å². The molecule has 0 radical (unpaired) electrons. The first-order valence-corrected chi connectivity index (χ1v) is 15.5. The van der Waals surface area contributed by atoms with E-state index in [1.807, 2.05) is 23.1 Å². The lowest BCUT2D eigenvalue weighted by atomic mass is 9.78. The molecule has 4 rings (SSSR count). The largest absolute Gasteiger partial charge is 0.496 e. The lowest BCUT2D eigenvalue weighted by Gasteiger charge is -2.32. The molecular weight excluding hydrogens is 540 g/mol. The average molecular weight is 587 g/mol. The van der Waals surface area contributed by atoms with Crippen LogP contribution in [0.15, 0.2) is 30.3 Å². The molecule has 1 saturated heterocycles. The standard InChI is InChI=1S/C32H46N2O6S/c1-31(2,3)24-17-22(18-25(29(24)37-7)32(4,5)6)30-34(28(36)20-41-30)12-8-11-33(13-15-35)14-16-38-23-9-10-26-27(19-23)40-21-39-26/h9-10,17-19,30,35H,8,11-16,20-21H2,1-7H3. The molecule has 41 heavy (non-hydrogen) atoms. The molecule has 2 aliphatic rings. The third-order valence-electron chi connectivity index (χ3n) is 7.49. The molecule has 0 saturated carbocycles. The summed E-state index contributed by atoms with van der Waals surface area (Å²) in [5, 5.41) is 9.61. The highest BCUT2D eigenvalue weighted by Crippen LogP contribution is 2.46. The van der Waals surface area contributed by atoms with E-state index < -0.39 is 0 Å². The summed E-state index contributed by atoms with van der Waals surface area (Å²) in [6.07, 6.45) is 0.807. The van der Waals surface area contributed by atoms with E-state index in [0.29, 0.717) is 37.7 Å². The van der Waals surface area contributed by atoms with E-state index in [2.05, 4.69) is 58.6 Å². The summed E-state index contributed by atoms with van der Waals surface area (Å²) >= 11 is 1.70. The molecule has 9 heteroatoms. The van der Waals surface area contributed by atoms with E-state index in [1.165, 1.54) is 11.1 Å². The zero-order chi connectivity index (χ0) is 29.8. The minimum absolute atomic E-state index is 0.0313. The first-order chi connectivity index (χ1) is 19.4. The Morgan fingerprint density at radius 3 is 2.32 bits per heavy atom. The fourth-order valence-corrected chi connectivity index (χ4v) is 6.50. The molecule has 2 heterocycles. The van der Waals surface area contributed by atoms with E-state index >= 15 is 0 Å². The molecule has 1 fully saturated rings. The first kappa shape index (κ1) is 31.3. The van der Waals surface area contributed by atoms with Crippen LogP contribution in [0.2, 0.25) is 0 Å². The number of rotatable bonds is 12. The monoisotopic (exact) mass is 586 g/mol. The van der Waals surface area contributed by atoms with Gasteiger partial charge in [-0.15, -0.1) is 11.8 Å². The van der Waals surface area contributed by atoms with Gasteiger partial charge >= 0.3 is 0 Å². The maximum absolute atomic E-state index is 13.0. The third-order valence-corrected chi connectivity index (χ3v) is 8.75. The number of aliphatic hydroxyl groups is 1. The SMILES string of the molecule is COc1c(C(C)(C)C)cc(C2SCC(=O)N2CCCN(CCO)CCOc2ccc3c(c2)OCO3)cc1C(C)(C)C. The number of hydrogen-bond acceptors (Lipinski definition) is 8. The van der Waals surface area contributed by atoms with Crippen molar-refractivity contribution in [3.8, 4) is 23.0 Å². The number of nitrogens with zero attached hydrogens (tertiary/aromatic N) is 2. The maximum Gasteiger partial charge on any atom is 0.233 e. The number of thioether (sulfide) groups is 1. The highest BCUT2D eigenvalue weighted by Gasteiger charge is 2.35. The van der Waals surface area contributed by atoms with Gasteiger partial charge in [0.05, 0.1) is 19.5 Å². The highest BCUT2D eigenvalue weighted by molar-refractivity contribution is 8.00. The number of ether oxygens (including phenoxy) is 4. The summed E-state index contributed by atoms with van der Waals surface area (Å²) in [6.45, 7) is 16.7. The highest BCUT2D eigenvalue weighted by atomic mass is 32.2. The predicted molar refractivity (Wildman–Crippen MR) is 164 cm³/mol. The summed E-state index contributed by atoms with van der Waals surface area (Å²) in [5.41, 5.74) is 3.28. The van der Waals surface area contributed by atoms with Crippen LogP contribution in [-0.2, 0) is 15.6 Å². The fraction of sp³-hybridized carbons (Fsp3) is 0.594. The van der Waals surface area contributed by atoms with Crippen molar-refractivity contribution in [3.63, 3.8) is 0 Å². The number of benzene rings is 2. The second-order valence-electron chi connectivity index (χ2n) is 12.7. The number of carbonyl (C=O) groups excluding carboxylic acids is 1. The van der Waals surface area contributed by atoms with Gasteiger partial charge in [0.1, 0.15) is 23.5 Å². The van der Waals surface area contributed by atoms with E-state index in [9.17, 15) is 9.90 Å². The Labute approximate surface area is 249 Å². The Hall–Kier alpha value is -2.62. The second-order valence-corrected chi connectivity index (χ2v) is 13.8. The minimum Gasteiger partial charge on any atom is -0.496 e. The molecule has 0 spiro atoms. The van der Waals surface area contributed by atoms with Gasteiger partial charge in [0.15, 0.2) is 11.5 Å². The minimum atomic E-state index is -0.104. The molecule has 0 aromatic heterocycles. The summed E-state index contributed by atoms with van der Waals surface area (Å²) in [6, 6.07) is 10.0. The molecule has 1 N–H and O–H groups in total. The van der Waals surface area contributed by atoms with Crippen LogP contribution in [0, 0.1) is 0 Å². The molecular formula is C32H46N2O6S. The van der Waals surface area contributed by atoms with Crippen molar-refractivity contribution in [3.05, 3.63) is 47.0 Å². The number of amides is 1. The summed E-state index contributed by atoms with van der Waals surface area (Å²) in [5.74, 6) is 3.74. The number of methoxy groups -OCH3 is 1. The van der Waals surface area contributed by atoms with Crippen molar-refractivity contribution in [1.29, 1.82) is 0 Å². The van der Waals surface area contributed by atoms with E-state index in [4.69, 9.17) is 18.9 Å². The van der Waals surface area contributed by atoms with E-state index in [0.717, 1.165) is 35.8 Å². The molecule has 8 nitrogen and oxygen atoms in total. The van der Waals surface area contributed by atoms with Crippen molar-refractivity contribution in [2.75, 3.05) is 59.0 Å². The predicted octanol–water partition coefficient (Wildman–Crippen LogP) is 5.36. The van der Waals surface area contributed by atoms with Crippen LogP contribution < -0.4 is 18.9 Å². The Morgan fingerprint density at radius 1 is 1.00 bits per heavy atom. The fourth-order valence-electron chi connectivity index (χ4n) is 5.30. The molecule has 0 aliphatic carbocycles. The van der Waals surface area contributed by atoms with Gasteiger partial charge < -0.3 is 29.0 Å². The third kappa shape index (κ3) is 7.62. The molecule has 2 aromatic carbocycles. The van der Waals surface area contributed by atoms with Gasteiger partial charge in [-0.3, -0.25) is 9.69 Å². The first-order valence-electron chi connectivity index (χ1n) is 14.4. The Bertz CT molecular complexity index is 1170. The van der Waals surface area contributed by atoms with Gasteiger partial charge in [-0.25, -0.2) is 0 Å². The Balaban J connectivity index is 1.41. The summed E-state index contributed by atoms with van der Waals surface area (Å²) in [7, 11) is 1.75. The Morgan fingerprint density at radius 2 is 1.68 bits per heavy atom. The lowest BCUT2D eigenvalue weighted by molar-refractivity contribution is -0.128. The molecule has 1 unspecified atom stereocenters. The zero-order valence-electron chi connectivity index (χ0n) is 25.6. The van der Waals surface area contributed by atoms with Gasteiger partial charge in [-0.05, 0) is 47.1 Å². The van der Waals surface area contributed by atoms with Gasteiger partial charge in [0.2, 0.25) is 12.7 Å². The van der Waals surface area contributed by atoms with Crippen molar-refractivity contribution in [2.24, 2.45) is 0 Å². The van der Waals surface area contributed by atoms with E-state index in [-0.39, 0.29) is 35.5 Å². The van der Waals surface area contributed by atoms with Crippen molar-refractivity contribution in [2.45, 2.75) is 64.2 Å². The number of hydrogen-bond donors (Lipinski definition) is 1. The van der Waals surface area contributed by atoms with Gasteiger partial charge in [-0.1, -0.05) is 41.5 Å². The number of aliphatic hydroxyl groups excluding tert-OH is 1. The molecule has 226 valence electrons. The van der Waals surface area contributed by atoms with Gasteiger partial charge in [0, 0.05) is 43.4 Å². The van der Waals surface area contributed by atoms with Crippen molar-refractivity contribution >= 4 is 17.7 Å². The van der Waals surface area contributed by atoms with Crippen LogP contribution >= 0.6 is 11.8 Å². The molecule has 1 atom stereocenters. The topological polar surface area (TPSA) is 80.7 Å². The van der Waals surface area contributed by atoms with Crippen molar-refractivity contribution < 1.29 is 28.8 Å². The number of fused-ring (bicyclic) bond motifs is 1. The lowest BCUT2D eigenvalue weighted by Crippen LogP contribution is -2.35.